The minimum absolute atomic E-state index is 0.0660. The van der Waals surface area contributed by atoms with Crippen molar-refractivity contribution in [3.63, 3.8) is 0 Å². The van der Waals surface area contributed by atoms with Crippen molar-refractivity contribution in [3.05, 3.63) is 71.4 Å². The number of ether oxygens (including phenoxy) is 1. The lowest BCUT2D eigenvalue weighted by Crippen LogP contribution is -2.49. The van der Waals surface area contributed by atoms with Crippen molar-refractivity contribution in [2.45, 2.75) is 6.54 Å². The molecular formula is C21H23ClN4O3. The number of hydrogen-bond acceptors (Lipinski definition) is 5. The second kappa shape index (κ2) is 9.15. The fraction of sp³-hybridized carbons (Fsp3) is 0.333. The maximum atomic E-state index is 12.7. The number of carbonyl (C=O) groups is 1. The van der Waals surface area contributed by atoms with Crippen molar-refractivity contribution in [3.8, 4) is 5.75 Å². The van der Waals surface area contributed by atoms with Crippen LogP contribution >= 0.6 is 11.6 Å². The normalized spacial score (nSPS) is 14.9. The Bertz CT molecular complexity index is 933. The molecule has 0 atom stereocenters. The minimum Gasteiger partial charge on any atom is -0.491 e. The van der Waals surface area contributed by atoms with Crippen LogP contribution in [0.3, 0.4) is 0 Å². The quantitative estimate of drug-likeness (QED) is 0.594. The number of hydrogen-bond donors (Lipinski definition) is 0. The number of piperazine rings is 1. The van der Waals surface area contributed by atoms with E-state index in [4.69, 9.17) is 20.8 Å². The van der Waals surface area contributed by atoms with Crippen molar-refractivity contribution < 1.29 is 13.9 Å². The molecule has 0 N–H and O–H groups in total. The van der Waals surface area contributed by atoms with Crippen LogP contribution in [0.1, 0.15) is 16.3 Å². The standard InChI is InChI=1S/C21H23ClN4O3/c22-18-4-1-2-5-19(18)28-15-14-24-10-12-25(13-11-24)21(27)20-7-6-17(29-20)16-26-9-3-8-23-26/h1-9H,10-16H2. The first kappa shape index (κ1) is 19.5. The molecule has 0 unspecified atom stereocenters. The molecule has 1 aliphatic rings. The molecule has 0 radical (unpaired) electrons. The number of rotatable bonds is 7. The van der Waals surface area contributed by atoms with Crippen molar-refractivity contribution in [2.24, 2.45) is 0 Å². The van der Waals surface area contributed by atoms with Crippen LogP contribution in [-0.2, 0) is 6.54 Å². The van der Waals surface area contributed by atoms with Gasteiger partial charge in [0.2, 0.25) is 0 Å². The minimum atomic E-state index is -0.0660. The Balaban J connectivity index is 1.22. The molecule has 1 fully saturated rings. The number of halogens is 1. The third kappa shape index (κ3) is 4.99. The van der Waals surface area contributed by atoms with Crippen molar-refractivity contribution in [2.75, 3.05) is 39.3 Å². The molecule has 1 aliphatic heterocycles. The van der Waals surface area contributed by atoms with Gasteiger partial charge in [-0.2, -0.15) is 5.10 Å². The molecule has 3 aromatic rings. The van der Waals surface area contributed by atoms with Crippen molar-refractivity contribution >= 4 is 17.5 Å². The lowest BCUT2D eigenvalue weighted by Gasteiger charge is -2.34. The van der Waals surface area contributed by atoms with Crippen LogP contribution in [0, 0.1) is 0 Å². The van der Waals surface area contributed by atoms with Gasteiger partial charge in [-0.1, -0.05) is 23.7 Å². The van der Waals surface area contributed by atoms with Gasteiger partial charge in [0, 0.05) is 45.1 Å². The van der Waals surface area contributed by atoms with E-state index in [1.807, 2.05) is 47.5 Å². The summed E-state index contributed by atoms with van der Waals surface area (Å²) in [5, 5.41) is 4.77. The van der Waals surface area contributed by atoms with E-state index in [9.17, 15) is 4.79 Å². The molecular weight excluding hydrogens is 392 g/mol. The van der Waals surface area contributed by atoms with Crippen LogP contribution in [0.4, 0.5) is 0 Å². The van der Waals surface area contributed by atoms with Crippen molar-refractivity contribution in [1.82, 2.24) is 19.6 Å². The topological polar surface area (TPSA) is 63.7 Å². The second-order valence-corrected chi connectivity index (χ2v) is 7.29. The highest BCUT2D eigenvalue weighted by Crippen LogP contribution is 2.23. The van der Waals surface area contributed by atoms with Crippen LogP contribution < -0.4 is 4.74 Å². The summed E-state index contributed by atoms with van der Waals surface area (Å²) in [5.74, 6) is 1.73. The van der Waals surface area contributed by atoms with Gasteiger partial charge < -0.3 is 14.1 Å². The van der Waals surface area contributed by atoms with E-state index in [1.54, 1.807) is 16.9 Å². The van der Waals surface area contributed by atoms with Gasteiger partial charge in [0.25, 0.3) is 5.91 Å². The SMILES string of the molecule is O=C(c1ccc(Cn2cccn2)o1)N1CCN(CCOc2ccccc2Cl)CC1. The molecule has 3 heterocycles. The highest BCUT2D eigenvalue weighted by Gasteiger charge is 2.24. The molecule has 1 saturated heterocycles. The van der Waals surface area contributed by atoms with E-state index >= 15 is 0 Å². The summed E-state index contributed by atoms with van der Waals surface area (Å²) in [7, 11) is 0. The lowest BCUT2D eigenvalue weighted by atomic mass is 10.3. The maximum absolute atomic E-state index is 12.7. The van der Waals surface area contributed by atoms with E-state index < -0.39 is 0 Å². The first-order valence-electron chi connectivity index (χ1n) is 9.64. The molecule has 152 valence electrons. The van der Waals surface area contributed by atoms with Gasteiger partial charge in [0.1, 0.15) is 18.1 Å². The Morgan fingerprint density at radius 3 is 2.69 bits per heavy atom. The summed E-state index contributed by atoms with van der Waals surface area (Å²) in [4.78, 5) is 16.8. The number of benzene rings is 1. The Labute approximate surface area is 174 Å². The molecule has 0 aliphatic carbocycles. The molecule has 2 aromatic heterocycles. The summed E-state index contributed by atoms with van der Waals surface area (Å²) in [6.45, 7) is 4.81. The van der Waals surface area contributed by atoms with Crippen LogP contribution in [-0.4, -0.2) is 64.8 Å². The molecule has 8 heteroatoms. The summed E-state index contributed by atoms with van der Waals surface area (Å²) < 4.78 is 13.2. The van der Waals surface area contributed by atoms with Gasteiger partial charge >= 0.3 is 0 Å². The van der Waals surface area contributed by atoms with Crippen LogP contribution in [0.2, 0.25) is 5.02 Å². The second-order valence-electron chi connectivity index (χ2n) is 6.88. The number of furan rings is 1. The zero-order valence-corrected chi connectivity index (χ0v) is 16.8. The average Bonchev–Trinajstić information content (AvgIpc) is 3.42. The first-order chi connectivity index (χ1) is 14.2. The molecule has 4 rings (SSSR count). The zero-order valence-electron chi connectivity index (χ0n) is 16.0. The highest BCUT2D eigenvalue weighted by atomic mass is 35.5. The van der Waals surface area contributed by atoms with Crippen LogP contribution in [0.5, 0.6) is 5.75 Å². The molecule has 1 amide bonds. The molecule has 0 bridgehead atoms. The number of para-hydroxylation sites is 1. The Kier molecular flexibility index (Phi) is 6.17. The van der Waals surface area contributed by atoms with Gasteiger partial charge in [-0.3, -0.25) is 14.4 Å². The van der Waals surface area contributed by atoms with E-state index in [2.05, 4.69) is 10.00 Å². The van der Waals surface area contributed by atoms with Gasteiger partial charge in [-0.25, -0.2) is 0 Å². The molecule has 0 saturated carbocycles. The fourth-order valence-corrected chi connectivity index (χ4v) is 3.50. The largest absolute Gasteiger partial charge is 0.491 e. The number of amides is 1. The molecule has 1 aromatic carbocycles. The van der Waals surface area contributed by atoms with E-state index in [1.165, 1.54) is 0 Å². The number of carbonyl (C=O) groups excluding carboxylic acids is 1. The smallest absolute Gasteiger partial charge is 0.289 e. The summed E-state index contributed by atoms with van der Waals surface area (Å²) in [6, 6.07) is 12.9. The Hall–Kier alpha value is -2.77. The molecule has 0 spiro atoms. The van der Waals surface area contributed by atoms with Crippen LogP contribution in [0.15, 0.2) is 59.3 Å². The van der Waals surface area contributed by atoms with Crippen molar-refractivity contribution in [1.29, 1.82) is 0 Å². The highest BCUT2D eigenvalue weighted by molar-refractivity contribution is 6.32. The fourth-order valence-electron chi connectivity index (χ4n) is 3.31. The average molecular weight is 415 g/mol. The van der Waals surface area contributed by atoms with E-state index in [-0.39, 0.29) is 5.91 Å². The van der Waals surface area contributed by atoms with Gasteiger partial charge in [-0.05, 0) is 30.3 Å². The monoisotopic (exact) mass is 414 g/mol. The molecule has 29 heavy (non-hydrogen) atoms. The number of aromatic nitrogens is 2. The summed E-state index contributed by atoms with van der Waals surface area (Å²) in [6.07, 6.45) is 3.58. The third-order valence-corrected chi connectivity index (χ3v) is 5.22. The first-order valence-corrected chi connectivity index (χ1v) is 10.0. The van der Waals surface area contributed by atoms with E-state index in [0.29, 0.717) is 48.5 Å². The zero-order chi connectivity index (χ0) is 20.1. The predicted molar refractivity (Wildman–Crippen MR) is 109 cm³/mol. The summed E-state index contributed by atoms with van der Waals surface area (Å²) >= 11 is 6.10. The Morgan fingerprint density at radius 2 is 1.93 bits per heavy atom. The van der Waals surface area contributed by atoms with Gasteiger partial charge in [0.15, 0.2) is 5.76 Å². The van der Waals surface area contributed by atoms with Gasteiger partial charge in [-0.15, -0.1) is 0 Å². The lowest BCUT2D eigenvalue weighted by molar-refractivity contribution is 0.0588. The maximum Gasteiger partial charge on any atom is 0.289 e. The Morgan fingerprint density at radius 1 is 1.10 bits per heavy atom. The van der Waals surface area contributed by atoms with Gasteiger partial charge in [0.05, 0.1) is 11.6 Å². The number of nitrogens with zero attached hydrogens (tertiary/aromatic N) is 4. The third-order valence-electron chi connectivity index (χ3n) is 4.91. The predicted octanol–water partition coefficient (Wildman–Crippen LogP) is 3.01. The van der Waals surface area contributed by atoms with Crippen LogP contribution in [0.25, 0.3) is 0 Å². The molecule has 7 nitrogen and oxygen atoms in total. The summed E-state index contributed by atoms with van der Waals surface area (Å²) in [5.41, 5.74) is 0. The van der Waals surface area contributed by atoms with E-state index in [0.717, 1.165) is 19.6 Å².